The Hall–Kier alpha value is -3.05. The van der Waals surface area contributed by atoms with Crippen molar-refractivity contribution in [3.05, 3.63) is 46.3 Å². The van der Waals surface area contributed by atoms with Gasteiger partial charge in [-0.3, -0.25) is 4.79 Å². The lowest BCUT2D eigenvalue weighted by Gasteiger charge is -2.25. The van der Waals surface area contributed by atoms with Crippen molar-refractivity contribution >= 4 is 28.3 Å². The summed E-state index contributed by atoms with van der Waals surface area (Å²) in [6, 6.07) is 11.3. The van der Waals surface area contributed by atoms with Gasteiger partial charge < -0.3 is 19.7 Å². The van der Waals surface area contributed by atoms with Crippen molar-refractivity contribution in [2.45, 2.75) is 32.9 Å². The third kappa shape index (κ3) is 4.26. The first-order valence-electron chi connectivity index (χ1n) is 9.02. The number of carbonyl (C=O) groups excluding carboxylic acids is 2. The highest BCUT2D eigenvalue weighted by Crippen LogP contribution is 2.37. The molecule has 0 radical (unpaired) electrons. The van der Waals surface area contributed by atoms with Crippen LogP contribution in [0.3, 0.4) is 0 Å². The number of carbonyl (C=O) groups is 2. The molecule has 8 heteroatoms. The van der Waals surface area contributed by atoms with Crippen LogP contribution in [0.1, 0.15) is 29.9 Å². The van der Waals surface area contributed by atoms with E-state index in [9.17, 15) is 14.9 Å². The number of benzene rings is 1. The van der Waals surface area contributed by atoms with Gasteiger partial charge >= 0.3 is 6.09 Å². The van der Waals surface area contributed by atoms with Crippen molar-refractivity contribution in [1.29, 1.82) is 5.26 Å². The quantitative estimate of drug-likeness (QED) is 0.830. The van der Waals surface area contributed by atoms with Crippen LogP contribution in [0.5, 0.6) is 5.75 Å². The minimum atomic E-state index is -0.718. The average Bonchev–Trinajstić information content (AvgIpc) is 3.04. The molecule has 146 valence electrons. The van der Waals surface area contributed by atoms with E-state index in [1.807, 2.05) is 18.2 Å². The number of anilines is 1. The zero-order valence-corrected chi connectivity index (χ0v) is 16.5. The van der Waals surface area contributed by atoms with Crippen LogP contribution in [0.2, 0.25) is 0 Å². The van der Waals surface area contributed by atoms with E-state index in [2.05, 4.69) is 11.4 Å². The highest BCUT2D eigenvalue weighted by Gasteiger charge is 2.28. The molecule has 1 aliphatic rings. The summed E-state index contributed by atoms with van der Waals surface area (Å²) in [4.78, 5) is 27.0. The number of rotatable bonds is 5. The van der Waals surface area contributed by atoms with E-state index in [0.29, 0.717) is 42.4 Å². The van der Waals surface area contributed by atoms with Crippen LogP contribution in [-0.2, 0) is 22.5 Å². The highest BCUT2D eigenvalue weighted by atomic mass is 32.1. The first-order valence-corrected chi connectivity index (χ1v) is 9.84. The number of para-hydroxylation sites is 1. The van der Waals surface area contributed by atoms with Gasteiger partial charge in [-0.25, -0.2) is 4.79 Å². The van der Waals surface area contributed by atoms with Crippen molar-refractivity contribution in [1.82, 2.24) is 4.90 Å². The number of hydrogen-bond donors (Lipinski definition) is 1. The standard InChI is InChI=1S/C20H21N3O4S/c1-3-26-20(25)23-10-9-15-16(11-21)19(28-17(15)12-23)22-18(24)13(2)27-14-7-5-4-6-8-14/h4-8,13H,3,9-10,12H2,1-2H3,(H,22,24). The molecule has 2 aromatic rings. The van der Waals surface area contributed by atoms with E-state index in [-0.39, 0.29) is 12.0 Å². The molecule has 0 bridgehead atoms. The second-order valence-corrected chi connectivity index (χ2v) is 7.36. The van der Waals surface area contributed by atoms with Gasteiger partial charge in [0.2, 0.25) is 0 Å². The minimum Gasteiger partial charge on any atom is -0.481 e. The SMILES string of the molecule is CCOC(=O)N1CCc2c(sc(NC(=O)C(C)Oc3ccccc3)c2C#N)C1. The third-order valence-corrected chi connectivity index (χ3v) is 5.49. The topological polar surface area (TPSA) is 91.7 Å². The summed E-state index contributed by atoms with van der Waals surface area (Å²) in [6.07, 6.45) is -0.529. The van der Waals surface area contributed by atoms with Crippen LogP contribution >= 0.6 is 11.3 Å². The Kier molecular flexibility index (Phi) is 6.16. The fraction of sp³-hybridized carbons (Fsp3) is 0.350. The lowest BCUT2D eigenvalue weighted by Crippen LogP contribution is -2.35. The Balaban J connectivity index is 1.72. The predicted octanol–water partition coefficient (Wildman–Crippen LogP) is 3.54. The van der Waals surface area contributed by atoms with Gasteiger partial charge in [-0.2, -0.15) is 5.26 Å². The molecule has 3 rings (SSSR count). The van der Waals surface area contributed by atoms with Crippen LogP contribution in [0.4, 0.5) is 9.80 Å². The zero-order chi connectivity index (χ0) is 20.1. The molecule has 7 nitrogen and oxygen atoms in total. The Labute approximate surface area is 167 Å². The number of fused-ring (bicyclic) bond motifs is 1. The molecule has 28 heavy (non-hydrogen) atoms. The van der Waals surface area contributed by atoms with Gasteiger partial charge in [0.25, 0.3) is 5.91 Å². The summed E-state index contributed by atoms with van der Waals surface area (Å²) < 4.78 is 10.7. The Morgan fingerprint density at radius 2 is 2.11 bits per heavy atom. The maximum atomic E-state index is 12.5. The number of nitrogens with zero attached hydrogens (tertiary/aromatic N) is 2. The second-order valence-electron chi connectivity index (χ2n) is 6.25. The summed E-state index contributed by atoms with van der Waals surface area (Å²) in [5.74, 6) is 0.266. The molecular weight excluding hydrogens is 378 g/mol. The Morgan fingerprint density at radius 1 is 1.36 bits per heavy atom. The summed E-state index contributed by atoms with van der Waals surface area (Å²) in [5.41, 5.74) is 1.35. The van der Waals surface area contributed by atoms with Crippen molar-refractivity contribution in [2.24, 2.45) is 0 Å². The van der Waals surface area contributed by atoms with E-state index in [4.69, 9.17) is 9.47 Å². The fourth-order valence-electron chi connectivity index (χ4n) is 2.95. The Bertz CT molecular complexity index is 904. The van der Waals surface area contributed by atoms with Crippen LogP contribution in [0.25, 0.3) is 0 Å². The van der Waals surface area contributed by atoms with Gasteiger partial charge in [-0.05, 0) is 38.0 Å². The number of ether oxygens (including phenoxy) is 2. The lowest BCUT2D eigenvalue weighted by molar-refractivity contribution is -0.122. The summed E-state index contributed by atoms with van der Waals surface area (Å²) in [6.45, 7) is 4.59. The van der Waals surface area contributed by atoms with Crippen molar-refractivity contribution in [2.75, 3.05) is 18.5 Å². The number of thiophene rings is 1. The average molecular weight is 399 g/mol. The molecule has 2 amide bonds. The molecule has 0 spiro atoms. The van der Waals surface area contributed by atoms with E-state index in [1.54, 1.807) is 30.9 Å². The summed E-state index contributed by atoms with van der Waals surface area (Å²) in [5, 5.41) is 12.9. The lowest BCUT2D eigenvalue weighted by atomic mass is 10.0. The first-order chi connectivity index (χ1) is 13.5. The molecule has 0 saturated heterocycles. The largest absolute Gasteiger partial charge is 0.481 e. The number of nitriles is 1. The molecule has 0 aliphatic carbocycles. The van der Waals surface area contributed by atoms with E-state index < -0.39 is 6.10 Å². The molecule has 0 saturated carbocycles. The molecule has 1 unspecified atom stereocenters. The Morgan fingerprint density at radius 3 is 2.79 bits per heavy atom. The van der Waals surface area contributed by atoms with Crippen molar-refractivity contribution in [3.63, 3.8) is 0 Å². The van der Waals surface area contributed by atoms with Gasteiger partial charge in [0.1, 0.15) is 16.8 Å². The minimum absolute atomic E-state index is 0.316. The first kappa shape index (κ1) is 19.7. The second kappa shape index (κ2) is 8.76. The van der Waals surface area contributed by atoms with E-state index in [1.165, 1.54) is 11.3 Å². The van der Waals surface area contributed by atoms with Gasteiger partial charge in [-0.15, -0.1) is 11.3 Å². The molecule has 1 aliphatic heterocycles. The van der Waals surface area contributed by atoms with Crippen LogP contribution in [0.15, 0.2) is 30.3 Å². The maximum absolute atomic E-state index is 12.5. The van der Waals surface area contributed by atoms with Crippen LogP contribution in [-0.4, -0.2) is 36.2 Å². The van der Waals surface area contributed by atoms with E-state index in [0.717, 1.165) is 10.4 Å². The van der Waals surface area contributed by atoms with Gasteiger partial charge in [0.05, 0.1) is 18.7 Å². The molecule has 1 aromatic carbocycles. The summed E-state index contributed by atoms with van der Waals surface area (Å²) >= 11 is 1.32. The summed E-state index contributed by atoms with van der Waals surface area (Å²) in [7, 11) is 0. The van der Waals surface area contributed by atoms with Crippen molar-refractivity contribution in [3.8, 4) is 11.8 Å². The molecule has 0 fully saturated rings. The van der Waals surface area contributed by atoms with Gasteiger partial charge in [-0.1, -0.05) is 18.2 Å². The third-order valence-electron chi connectivity index (χ3n) is 4.36. The zero-order valence-electron chi connectivity index (χ0n) is 15.7. The molecule has 2 heterocycles. The maximum Gasteiger partial charge on any atom is 0.410 e. The highest BCUT2D eigenvalue weighted by molar-refractivity contribution is 7.16. The number of amides is 2. The smallest absolute Gasteiger partial charge is 0.410 e. The van der Waals surface area contributed by atoms with Gasteiger partial charge in [0, 0.05) is 11.4 Å². The number of nitrogens with one attached hydrogen (secondary N) is 1. The van der Waals surface area contributed by atoms with Crippen molar-refractivity contribution < 1.29 is 19.1 Å². The van der Waals surface area contributed by atoms with Crippen LogP contribution in [0, 0.1) is 11.3 Å². The molecular formula is C20H21N3O4S. The molecule has 1 atom stereocenters. The van der Waals surface area contributed by atoms with Gasteiger partial charge in [0.15, 0.2) is 6.10 Å². The van der Waals surface area contributed by atoms with E-state index >= 15 is 0 Å². The number of hydrogen-bond acceptors (Lipinski definition) is 6. The fourth-order valence-corrected chi connectivity index (χ4v) is 4.17. The molecule has 1 aromatic heterocycles. The normalized spacial score (nSPS) is 13.8. The molecule has 1 N–H and O–H groups in total. The van der Waals surface area contributed by atoms with Crippen LogP contribution < -0.4 is 10.1 Å². The monoisotopic (exact) mass is 399 g/mol. The predicted molar refractivity (Wildman–Crippen MR) is 105 cm³/mol.